The highest BCUT2D eigenvalue weighted by Gasteiger charge is 2.07. The summed E-state index contributed by atoms with van der Waals surface area (Å²) in [6.07, 6.45) is 0. The molecule has 0 amide bonds. The van der Waals surface area contributed by atoms with E-state index in [2.05, 4.69) is 0 Å². The van der Waals surface area contributed by atoms with E-state index < -0.39 is 5.63 Å². The SMILES string of the molecule is O=c1cc(CSCc2ccc(Cl)cc2)c2ccc(O)cc2o1. The number of benzene rings is 2. The zero-order valence-electron chi connectivity index (χ0n) is 11.6. The minimum atomic E-state index is -0.403. The van der Waals surface area contributed by atoms with Crippen molar-refractivity contribution in [2.45, 2.75) is 11.5 Å². The molecule has 0 aliphatic heterocycles. The van der Waals surface area contributed by atoms with E-state index in [4.69, 9.17) is 16.0 Å². The number of aromatic hydroxyl groups is 1. The Morgan fingerprint density at radius 1 is 1.05 bits per heavy atom. The topological polar surface area (TPSA) is 50.4 Å². The van der Waals surface area contributed by atoms with Crippen LogP contribution in [0.2, 0.25) is 5.02 Å². The molecule has 0 aliphatic rings. The Kier molecular flexibility index (Phi) is 4.41. The number of halogens is 1. The summed E-state index contributed by atoms with van der Waals surface area (Å²) >= 11 is 7.57. The molecular weight excluding hydrogens is 320 g/mol. The first-order valence-electron chi connectivity index (χ1n) is 6.70. The van der Waals surface area contributed by atoms with Crippen LogP contribution in [0.4, 0.5) is 0 Å². The maximum Gasteiger partial charge on any atom is 0.336 e. The average Bonchev–Trinajstić information content (AvgIpc) is 2.48. The Morgan fingerprint density at radius 2 is 1.82 bits per heavy atom. The third kappa shape index (κ3) is 3.46. The predicted octanol–water partition coefficient (Wildman–Crippen LogP) is 4.59. The van der Waals surface area contributed by atoms with Gasteiger partial charge >= 0.3 is 5.63 Å². The summed E-state index contributed by atoms with van der Waals surface area (Å²) in [7, 11) is 0. The van der Waals surface area contributed by atoms with Crippen LogP contribution in [0.25, 0.3) is 11.0 Å². The van der Waals surface area contributed by atoms with Crippen LogP contribution >= 0.6 is 23.4 Å². The molecule has 22 heavy (non-hydrogen) atoms. The number of fused-ring (bicyclic) bond motifs is 1. The van der Waals surface area contributed by atoms with Gasteiger partial charge in [0.05, 0.1) is 0 Å². The molecule has 0 fully saturated rings. The Labute approximate surface area is 136 Å². The maximum absolute atomic E-state index is 11.6. The highest BCUT2D eigenvalue weighted by molar-refractivity contribution is 7.97. The van der Waals surface area contributed by atoms with E-state index in [0.717, 1.165) is 21.7 Å². The molecule has 5 heteroatoms. The zero-order valence-corrected chi connectivity index (χ0v) is 13.2. The van der Waals surface area contributed by atoms with Crippen LogP contribution < -0.4 is 5.63 Å². The van der Waals surface area contributed by atoms with Gasteiger partial charge in [-0.15, -0.1) is 0 Å². The van der Waals surface area contributed by atoms with Crippen LogP contribution in [0.3, 0.4) is 0 Å². The fraction of sp³-hybridized carbons (Fsp3) is 0.118. The molecule has 1 N–H and O–H groups in total. The Bertz CT molecular complexity index is 856. The summed E-state index contributed by atoms with van der Waals surface area (Å²) in [5.74, 6) is 1.61. The molecule has 3 nitrogen and oxygen atoms in total. The van der Waals surface area contributed by atoms with E-state index in [0.29, 0.717) is 11.3 Å². The van der Waals surface area contributed by atoms with Gasteiger partial charge in [-0.2, -0.15) is 11.8 Å². The van der Waals surface area contributed by atoms with Gasteiger partial charge in [-0.25, -0.2) is 4.79 Å². The monoisotopic (exact) mass is 332 g/mol. The predicted molar refractivity (Wildman–Crippen MR) is 90.6 cm³/mol. The minimum Gasteiger partial charge on any atom is -0.508 e. The van der Waals surface area contributed by atoms with Crippen molar-refractivity contribution in [3.63, 3.8) is 0 Å². The standard InChI is InChI=1S/C17H13ClO3S/c18-13-3-1-11(2-4-13)9-22-10-12-7-17(20)21-16-8-14(19)5-6-15(12)16/h1-8,19H,9-10H2. The first-order valence-corrected chi connectivity index (χ1v) is 8.23. The van der Waals surface area contributed by atoms with Crippen LogP contribution in [0.5, 0.6) is 5.75 Å². The molecule has 3 aromatic rings. The van der Waals surface area contributed by atoms with E-state index in [9.17, 15) is 9.90 Å². The average molecular weight is 333 g/mol. The van der Waals surface area contributed by atoms with Crippen molar-refractivity contribution < 1.29 is 9.52 Å². The van der Waals surface area contributed by atoms with E-state index >= 15 is 0 Å². The van der Waals surface area contributed by atoms with E-state index in [-0.39, 0.29) is 5.75 Å². The van der Waals surface area contributed by atoms with Gasteiger partial charge in [0.15, 0.2) is 0 Å². The summed E-state index contributed by atoms with van der Waals surface area (Å²) in [6.45, 7) is 0. The van der Waals surface area contributed by atoms with Gasteiger partial charge < -0.3 is 9.52 Å². The lowest BCUT2D eigenvalue weighted by molar-refractivity contribution is 0.473. The fourth-order valence-electron chi connectivity index (χ4n) is 2.20. The molecule has 0 bridgehead atoms. The third-order valence-electron chi connectivity index (χ3n) is 3.25. The van der Waals surface area contributed by atoms with Crippen molar-refractivity contribution >= 4 is 34.3 Å². The number of hydrogen-bond donors (Lipinski definition) is 1. The molecule has 3 rings (SSSR count). The Balaban J connectivity index is 1.78. The van der Waals surface area contributed by atoms with Crippen LogP contribution in [-0.2, 0) is 11.5 Å². The quantitative estimate of drug-likeness (QED) is 0.710. The second-order valence-electron chi connectivity index (χ2n) is 4.89. The van der Waals surface area contributed by atoms with Crippen molar-refractivity contribution in [1.82, 2.24) is 0 Å². The molecule has 1 heterocycles. The zero-order chi connectivity index (χ0) is 15.5. The van der Waals surface area contributed by atoms with Gasteiger partial charge in [-0.1, -0.05) is 23.7 Å². The first kappa shape index (κ1) is 15.0. The van der Waals surface area contributed by atoms with Gasteiger partial charge in [-0.3, -0.25) is 0 Å². The summed E-state index contributed by atoms with van der Waals surface area (Å²) in [5.41, 5.74) is 2.10. The number of phenols is 1. The molecule has 0 saturated heterocycles. The lowest BCUT2D eigenvalue weighted by Crippen LogP contribution is -1.99. The molecule has 0 atom stereocenters. The van der Waals surface area contributed by atoms with Crippen molar-refractivity contribution in [2.75, 3.05) is 0 Å². The number of phenolic OH excluding ortho intramolecular Hbond substituents is 1. The van der Waals surface area contributed by atoms with E-state index in [1.165, 1.54) is 17.7 Å². The molecular formula is C17H13ClO3S. The van der Waals surface area contributed by atoms with Crippen LogP contribution in [0.1, 0.15) is 11.1 Å². The highest BCUT2D eigenvalue weighted by atomic mass is 35.5. The normalized spacial score (nSPS) is 11.0. The molecule has 0 spiro atoms. The summed E-state index contributed by atoms with van der Waals surface area (Å²) < 4.78 is 5.12. The third-order valence-corrected chi connectivity index (χ3v) is 4.56. The van der Waals surface area contributed by atoms with Crippen molar-refractivity contribution in [2.24, 2.45) is 0 Å². The maximum atomic E-state index is 11.6. The Hall–Kier alpha value is -1.91. The Morgan fingerprint density at radius 3 is 2.59 bits per heavy atom. The summed E-state index contributed by atoms with van der Waals surface area (Å²) in [6, 6.07) is 14.1. The van der Waals surface area contributed by atoms with Crippen molar-refractivity contribution in [3.05, 3.63) is 75.1 Å². The largest absolute Gasteiger partial charge is 0.508 e. The number of hydrogen-bond acceptors (Lipinski definition) is 4. The second kappa shape index (κ2) is 6.46. The molecule has 1 aromatic heterocycles. The van der Waals surface area contributed by atoms with Crippen LogP contribution in [0, 0.1) is 0 Å². The van der Waals surface area contributed by atoms with E-state index in [1.807, 2.05) is 24.3 Å². The van der Waals surface area contributed by atoms with Gasteiger partial charge in [0, 0.05) is 34.0 Å². The van der Waals surface area contributed by atoms with E-state index in [1.54, 1.807) is 23.9 Å². The van der Waals surface area contributed by atoms with Gasteiger partial charge in [0.25, 0.3) is 0 Å². The lowest BCUT2D eigenvalue weighted by Gasteiger charge is -2.06. The van der Waals surface area contributed by atoms with Gasteiger partial charge in [-0.05, 0) is 35.4 Å². The number of thioether (sulfide) groups is 1. The molecule has 112 valence electrons. The molecule has 0 radical (unpaired) electrons. The van der Waals surface area contributed by atoms with Crippen LogP contribution in [-0.4, -0.2) is 5.11 Å². The molecule has 0 aliphatic carbocycles. The van der Waals surface area contributed by atoms with Gasteiger partial charge in [0.2, 0.25) is 0 Å². The minimum absolute atomic E-state index is 0.0848. The molecule has 0 saturated carbocycles. The second-order valence-corrected chi connectivity index (χ2v) is 6.31. The smallest absolute Gasteiger partial charge is 0.336 e. The fourth-order valence-corrected chi connectivity index (χ4v) is 3.31. The van der Waals surface area contributed by atoms with Gasteiger partial charge in [0.1, 0.15) is 11.3 Å². The highest BCUT2D eigenvalue weighted by Crippen LogP contribution is 2.26. The van der Waals surface area contributed by atoms with Crippen molar-refractivity contribution in [3.8, 4) is 5.75 Å². The lowest BCUT2D eigenvalue weighted by atomic mass is 10.1. The number of rotatable bonds is 4. The summed E-state index contributed by atoms with van der Waals surface area (Å²) in [4.78, 5) is 11.6. The van der Waals surface area contributed by atoms with Crippen molar-refractivity contribution in [1.29, 1.82) is 0 Å². The first-order chi connectivity index (χ1) is 10.6. The van der Waals surface area contributed by atoms with Crippen LogP contribution in [0.15, 0.2) is 57.7 Å². The molecule has 0 unspecified atom stereocenters. The summed E-state index contributed by atoms with van der Waals surface area (Å²) in [5, 5.41) is 11.1. The molecule has 2 aromatic carbocycles.